The lowest BCUT2D eigenvalue weighted by Crippen LogP contribution is -2.52. The van der Waals surface area contributed by atoms with Gasteiger partial charge in [-0.25, -0.2) is 0 Å². The molecule has 2 amide bonds. The van der Waals surface area contributed by atoms with Crippen molar-refractivity contribution in [1.82, 2.24) is 25.0 Å². The zero-order valence-corrected chi connectivity index (χ0v) is 16.3. The average molecular weight is 389 g/mol. The number of nitrogens with zero attached hydrogens (tertiary/aromatic N) is 4. The second kappa shape index (κ2) is 6.99. The molecule has 1 N–H and O–H groups in total. The van der Waals surface area contributed by atoms with Gasteiger partial charge in [0.2, 0.25) is 5.91 Å². The van der Waals surface area contributed by atoms with Gasteiger partial charge >= 0.3 is 0 Å². The van der Waals surface area contributed by atoms with Crippen molar-refractivity contribution in [3.8, 4) is 0 Å². The third-order valence-corrected chi connectivity index (χ3v) is 6.13. The summed E-state index contributed by atoms with van der Waals surface area (Å²) in [5.74, 6) is 0.805. The molecule has 2 aliphatic rings. The summed E-state index contributed by atoms with van der Waals surface area (Å²) in [6.45, 7) is 3.69. The molecule has 1 aliphatic carbocycles. The van der Waals surface area contributed by atoms with Crippen molar-refractivity contribution in [2.24, 2.45) is 11.8 Å². The summed E-state index contributed by atoms with van der Waals surface area (Å²) in [5, 5.41) is 7.84. The molecular formula is C22H23N5O2. The van der Waals surface area contributed by atoms with E-state index in [1.165, 1.54) is 0 Å². The summed E-state index contributed by atoms with van der Waals surface area (Å²) in [4.78, 5) is 34.3. The van der Waals surface area contributed by atoms with E-state index in [1.807, 2.05) is 46.3 Å². The van der Waals surface area contributed by atoms with Crippen molar-refractivity contribution in [3.05, 3.63) is 60.0 Å². The largest absolute Gasteiger partial charge is 0.338 e. The van der Waals surface area contributed by atoms with Crippen LogP contribution >= 0.6 is 0 Å². The van der Waals surface area contributed by atoms with Gasteiger partial charge in [0.25, 0.3) is 5.91 Å². The van der Waals surface area contributed by atoms with Crippen LogP contribution in [-0.2, 0) is 4.79 Å². The fraction of sp³-hybridized carbons (Fsp3) is 0.364. The highest BCUT2D eigenvalue weighted by molar-refractivity contribution is 5.98. The number of benzene rings is 1. The van der Waals surface area contributed by atoms with Crippen LogP contribution in [0.15, 0.2) is 48.9 Å². The molecule has 1 aromatic carbocycles. The molecule has 2 aromatic heterocycles. The third-order valence-electron chi connectivity index (χ3n) is 6.13. The van der Waals surface area contributed by atoms with E-state index in [4.69, 9.17) is 0 Å². The van der Waals surface area contributed by atoms with E-state index in [0.29, 0.717) is 31.1 Å². The van der Waals surface area contributed by atoms with Crippen molar-refractivity contribution >= 4 is 22.7 Å². The number of pyridine rings is 1. The summed E-state index contributed by atoms with van der Waals surface area (Å²) >= 11 is 0. The molecule has 1 aliphatic heterocycles. The molecule has 2 fully saturated rings. The highest BCUT2D eigenvalue weighted by Crippen LogP contribution is 2.40. The highest BCUT2D eigenvalue weighted by atomic mass is 16.2. The molecule has 3 heterocycles. The van der Waals surface area contributed by atoms with Gasteiger partial charge < -0.3 is 9.80 Å². The van der Waals surface area contributed by atoms with E-state index < -0.39 is 0 Å². The predicted octanol–water partition coefficient (Wildman–Crippen LogP) is 2.64. The molecule has 5 rings (SSSR count). The minimum atomic E-state index is -0.211. The molecule has 7 nitrogen and oxygen atoms in total. The Morgan fingerprint density at radius 2 is 2.07 bits per heavy atom. The Morgan fingerprint density at radius 3 is 2.83 bits per heavy atom. The zero-order chi connectivity index (χ0) is 20.0. The maximum Gasteiger partial charge on any atom is 0.254 e. The molecule has 3 aromatic rings. The van der Waals surface area contributed by atoms with Gasteiger partial charge in [0.05, 0.1) is 17.8 Å². The van der Waals surface area contributed by atoms with Gasteiger partial charge in [0.1, 0.15) is 0 Å². The molecule has 1 saturated heterocycles. The summed E-state index contributed by atoms with van der Waals surface area (Å²) in [6, 6.07) is 9.21. The summed E-state index contributed by atoms with van der Waals surface area (Å²) < 4.78 is 0. The van der Waals surface area contributed by atoms with Crippen molar-refractivity contribution in [3.63, 3.8) is 0 Å². The summed E-state index contributed by atoms with van der Waals surface area (Å²) in [6.07, 6.45) is 6.27. The van der Waals surface area contributed by atoms with Crippen LogP contribution in [0.1, 0.15) is 35.3 Å². The van der Waals surface area contributed by atoms with Gasteiger partial charge in [-0.3, -0.25) is 19.7 Å². The molecular weight excluding hydrogens is 366 g/mol. The molecule has 1 saturated carbocycles. The second-order valence-corrected chi connectivity index (χ2v) is 8.06. The maximum absolute atomic E-state index is 13.4. The molecule has 0 radical (unpaired) electrons. The first-order chi connectivity index (χ1) is 14.1. The number of carbonyl (C=O) groups is 2. The van der Waals surface area contributed by atoms with Crippen LogP contribution in [0.3, 0.4) is 0 Å². The molecule has 1 unspecified atom stereocenters. The number of hydrogen-bond acceptors (Lipinski definition) is 4. The summed E-state index contributed by atoms with van der Waals surface area (Å²) in [5.41, 5.74) is 2.42. The van der Waals surface area contributed by atoms with Crippen molar-refractivity contribution in [1.29, 1.82) is 0 Å². The Bertz CT molecular complexity index is 1060. The van der Waals surface area contributed by atoms with Gasteiger partial charge in [-0.15, -0.1) is 0 Å². The normalized spacial score (nSPS) is 24.0. The number of aromatic amines is 1. The van der Waals surface area contributed by atoms with E-state index in [-0.39, 0.29) is 23.8 Å². The van der Waals surface area contributed by atoms with Crippen LogP contribution in [0.2, 0.25) is 0 Å². The number of piperazine rings is 1. The van der Waals surface area contributed by atoms with Crippen molar-refractivity contribution in [2.75, 3.05) is 19.6 Å². The van der Waals surface area contributed by atoms with Crippen LogP contribution in [-0.4, -0.2) is 56.4 Å². The Kier molecular flexibility index (Phi) is 4.30. The van der Waals surface area contributed by atoms with Crippen LogP contribution in [0.5, 0.6) is 0 Å². The average Bonchev–Trinajstić information content (AvgIpc) is 3.25. The Morgan fingerprint density at radius 1 is 1.21 bits per heavy atom. The van der Waals surface area contributed by atoms with Crippen LogP contribution in [0.25, 0.3) is 10.9 Å². The number of carbonyl (C=O) groups excluding carboxylic acids is 2. The molecule has 7 heteroatoms. The molecule has 148 valence electrons. The first-order valence-electron chi connectivity index (χ1n) is 10.0. The number of rotatable bonds is 3. The van der Waals surface area contributed by atoms with Crippen LogP contribution < -0.4 is 0 Å². The van der Waals surface area contributed by atoms with Crippen LogP contribution in [0, 0.1) is 11.8 Å². The molecule has 3 atom stereocenters. The lowest BCUT2D eigenvalue weighted by Gasteiger charge is -2.41. The highest BCUT2D eigenvalue weighted by Gasteiger charge is 2.44. The fourth-order valence-electron chi connectivity index (χ4n) is 4.23. The van der Waals surface area contributed by atoms with Crippen LogP contribution in [0.4, 0.5) is 0 Å². The summed E-state index contributed by atoms with van der Waals surface area (Å²) in [7, 11) is 0. The number of hydrogen-bond donors (Lipinski definition) is 1. The smallest absolute Gasteiger partial charge is 0.254 e. The van der Waals surface area contributed by atoms with E-state index in [1.54, 1.807) is 12.4 Å². The number of nitrogens with one attached hydrogen (secondary N) is 1. The monoisotopic (exact) mass is 389 g/mol. The predicted molar refractivity (Wildman–Crippen MR) is 108 cm³/mol. The number of aromatic nitrogens is 3. The quantitative estimate of drug-likeness (QED) is 0.747. The molecule has 29 heavy (non-hydrogen) atoms. The number of fused-ring (bicyclic) bond motifs is 1. The number of H-pyrrole nitrogens is 1. The van der Waals surface area contributed by atoms with E-state index in [9.17, 15) is 9.59 Å². The lowest BCUT2D eigenvalue weighted by molar-refractivity contribution is -0.135. The SMILES string of the molecule is C[C@H]1C[C@@H]1C(=O)N1CCN(C(=O)c2ccc3ncccc3c2)C(c2cn[nH]c2)C1. The minimum absolute atomic E-state index is 0.0335. The van der Waals surface area contributed by atoms with Gasteiger partial charge in [0.15, 0.2) is 0 Å². The first kappa shape index (κ1) is 17.8. The third kappa shape index (κ3) is 3.26. The van der Waals surface area contributed by atoms with Crippen molar-refractivity contribution in [2.45, 2.75) is 19.4 Å². The van der Waals surface area contributed by atoms with Gasteiger partial charge in [-0.1, -0.05) is 13.0 Å². The maximum atomic E-state index is 13.4. The van der Waals surface area contributed by atoms with E-state index in [0.717, 1.165) is 22.9 Å². The van der Waals surface area contributed by atoms with Gasteiger partial charge in [-0.05, 0) is 36.6 Å². The fourth-order valence-corrected chi connectivity index (χ4v) is 4.23. The Balaban J connectivity index is 1.42. The van der Waals surface area contributed by atoms with Gasteiger partial charge in [0, 0.05) is 54.5 Å². The van der Waals surface area contributed by atoms with Crippen molar-refractivity contribution < 1.29 is 9.59 Å². The van der Waals surface area contributed by atoms with E-state index in [2.05, 4.69) is 22.1 Å². The Labute approximate surface area is 168 Å². The molecule has 0 bridgehead atoms. The topological polar surface area (TPSA) is 82.2 Å². The van der Waals surface area contributed by atoms with Gasteiger partial charge in [-0.2, -0.15) is 5.10 Å². The van der Waals surface area contributed by atoms with E-state index >= 15 is 0 Å². The number of amides is 2. The zero-order valence-electron chi connectivity index (χ0n) is 16.3. The first-order valence-corrected chi connectivity index (χ1v) is 10.0. The minimum Gasteiger partial charge on any atom is -0.338 e. The Hall–Kier alpha value is -3.22. The second-order valence-electron chi connectivity index (χ2n) is 8.06. The molecule has 0 spiro atoms. The lowest BCUT2D eigenvalue weighted by atomic mass is 10.0. The standard InChI is InChI=1S/C22H23N5O2/c1-14-9-18(14)22(29)26-7-8-27(20(13-26)17-11-24-25-12-17)21(28)16-4-5-19-15(10-16)3-2-6-23-19/h2-6,10-12,14,18,20H,7-9,13H2,1H3,(H,24,25)/t14-,18-,20?/m0/s1.